The van der Waals surface area contributed by atoms with Gasteiger partial charge in [0.05, 0.1) is 0 Å². The maximum Gasteiger partial charge on any atom is 0.504 e. The Morgan fingerprint density at radius 3 is 1.57 bits per heavy atom. The van der Waals surface area contributed by atoms with Crippen LogP contribution in [-0.2, 0) is 13.3 Å². The number of rotatable bonds is 14. The van der Waals surface area contributed by atoms with E-state index in [1.54, 1.807) is 0 Å². The van der Waals surface area contributed by atoms with Crippen molar-refractivity contribution in [3.05, 3.63) is 0 Å². The minimum atomic E-state index is -2.59. The van der Waals surface area contributed by atoms with Crippen LogP contribution in [0, 0.1) is 0 Å². The summed E-state index contributed by atoms with van der Waals surface area (Å²) in [5.41, 5.74) is 6.55. The zero-order chi connectivity index (χ0) is 16.1. The fourth-order valence-electron chi connectivity index (χ4n) is 2.86. The Balaban J connectivity index is 4.91. The van der Waals surface area contributed by atoms with E-state index in [4.69, 9.17) is 19.0 Å². The van der Waals surface area contributed by atoms with Crippen LogP contribution in [0.1, 0.15) is 73.1 Å². The lowest BCUT2D eigenvalue weighted by Gasteiger charge is -2.35. The Kier molecular flexibility index (Phi) is 12.6. The van der Waals surface area contributed by atoms with E-state index in [2.05, 4.69) is 13.8 Å². The average Bonchev–Trinajstić information content (AvgIpc) is 2.44. The van der Waals surface area contributed by atoms with Crippen molar-refractivity contribution in [1.82, 2.24) is 0 Å². The summed E-state index contributed by atoms with van der Waals surface area (Å²) in [6, 6.07) is 0.283. The van der Waals surface area contributed by atoms with Gasteiger partial charge in [0.15, 0.2) is 0 Å². The Morgan fingerprint density at radius 1 is 0.714 bits per heavy atom. The van der Waals surface area contributed by atoms with Gasteiger partial charge in [-0.1, -0.05) is 26.7 Å². The summed E-state index contributed by atoms with van der Waals surface area (Å²) in [5, 5.41) is 0. The van der Waals surface area contributed by atoms with Crippen LogP contribution in [0.15, 0.2) is 0 Å². The van der Waals surface area contributed by atoms with E-state index in [1.807, 2.05) is 20.8 Å². The van der Waals surface area contributed by atoms with E-state index in [9.17, 15) is 0 Å². The quantitative estimate of drug-likeness (QED) is 0.489. The number of hydrogen-bond donors (Lipinski definition) is 1. The third-order valence-electron chi connectivity index (χ3n) is 3.72. The van der Waals surface area contributed by atoms with Crippen LogP contribution in [0.4, 0.5) is 0 Å². The molecule has 0 amide bonds. The van der Waals surface area contributed by atoms with Gasteiger partial charge in [0, 0.05) is 31.4 Å². The zero-order valence-corrected chi connectivity index (χ0v) is 15.8. The molecule has 0 saturated heterocycles. The molecule has 0 aromatic rings. The second-order valence-corrected chi connectivity index (χ2v) is 8.40. The van der Waals surface area contributed by atoms with Crippen LogP contribution < -0.4 is 5.73 Å². The van der Waals surface area contributed by atoms with E-state index in [0.717, 1.165) is 38.5 Å². The molecule has 2 N–H and O–H groups in total. The molecule has 0 aliphatic heterocycles. The smallest absolute Gasteiger partial charge is 0.374 e. The van der Waals surface area contributed by atoms with Gasteiger partial charge < -0.3 is 19.0 Å². The molecule has 2 unspecified atom stereocenters. The van der Waals surface area contributed by atoms with Gasteiger partial charge in [0.1, 0.15) is 0 Å². The molecule has 0 aliphatic rings. The molecule has 21 heavy (non-hydrogen) atoms. The van der Waals surface area contributed by atoms with Gasteiger partial charge in [-0.2, -0.15) is 0 Å². The highest BCUT2D eigenvalue weighted by Crippen LogP contribution is 2.35. The highest BCUT2D eigenvalue weighted by atomic mass is 28.4. The van der Waals surface area contributed by atoms with Gasteiger partial charge in [-0.25, -0.2) is 0 Å². The van der Waals surface area contributed by atoms with E-state index in [1.165, 1.54) is 0 Å². The van der Waals surface area contributed by atoms with Crippen molar-refractivity contribution in [2.45, 2.75) is 84.7 Å². The van der Waals surface area contributed by atoms with Crippen LogP contribution in [0.2, 0.25) is 5.54 Å². The molecular formula is C16H37NO3Si. The van der Waals surface area contributed by atoms with Crippen molar-refractivity contribution < 1.29 is 13.3 Å². The Labute approximate surface area is 133 Å². The summed E-state index contributed by atoms with van der Waals surface area (Å²) in [6.45, 7) is 12.4. The largest absolute Gasteiger partial charge is 0.504 e. The molecule has 128 valence electrons. The molecule has 0 heterocycles. The SMILES string of the molecule is CCCC(N)CCC(CCC)[Si](OCC)(OCC)OCC. The highest BCUT2D eigenvalue weighted by molar-refractivity contribution is 6.62. The molecule has 0 fully saturated rings. The standard InChI is InChI=1S/C16H37NO3Si/c1-6-11-15(17)13-14-16(12-7-2)21(18-8-3,19-9-4)20-10-5/h15-16H,6-14,17H2,1-5H3. The molecule has 0 rings (SSSR count). The molecule has 4 nitrogen and oxygen atoms in total. The molecule has 0 bridgehead atoms. The summed E-state index contributed by atoms with van der Waals surface area (Å²) < 4.78 is 18.2. The van der Waals surface area contributed by atoms with E-state index in [0.29, 0.717) is 25.4 Å². The summed E-state index contributed by atoms with van der Waals surface area (Å²) in [5.74, 6) is 0. The monoisotopic (exact) mass is 319 g/mol. The minimum absolute atomic E-state index is 0.283. The van der Waals surface area contributed by atoms with Gasteiger partial charge in [-0.05, 0) is 46.5 Å². The van der Waals surface area contributed by atoms with Crippen LogP contribution in [-0.4, -0.2) is 34.7 Å². The maximum absolute atomic E-state index is 6.19. The minimum Gasteiger partial charge on any atom is -0.374 e. The van der Waals surface area contributed by atoms with Crippen molar-refractivity contribution in [2.24, 2.45) is 5.73 Å². The van der Waals surface area contributed by atoms with Crippen LogP contribution >= 0.6 is 0 Å². The molecule has 5 heteroatoms. The lowest BCUT2D eigenvalue weighted by molar-refractivity contribution is 0.0580. The normalized spacial score (nSPS) is 15.1. The van der Waals surface area contributed by atoms with Crippen LogP contribution in [0.5, 0.6) is 0 Å². The molecule has 0 aromatic heterocycles. The summed E-state index contributed by atoms with van der Waals surface area (Å²) in [4.78, 5) is 0. The molecule has 0 aliphatic carbocycles. The van der Waals surface area contributed by atoms with Gasteiger partial charge >= 0.3 is 8.80 Å². The number of hydrogen-bond acceptors (Lipinski definition) is 4. The van der Waals surface area contributed by atoms with Crippen LogP contribution in [0.25, 0.3) is 0 Å². The first-order chi connectivity index (χ1) is 10.1. The van der Waals surface area contributed by atoms with Gasteiger partial charge in [-0.15, -0.1) is 0 Å². The van der Waals surface area contributed by atoms with Crippen molar-refractivity contribution in [1.29, 1.82) is 0 Å². The lowest BCUT2D eigenvalue weighted by atomic mass is 10.0. The average molecular weight is 320 g/mol. The predicted molar refractivity (Wildman–Crippen MR) is 91.4 cm³/mol. The molecule has 0 radical (unpaired) electrons. The van der Waals surface area contributed by atoms with Crippen molar-refractivity contribution in [3.8, 4) is 0 Å². The second-order valence-electron chi connectivity index (χ2n) is 5.51. The van der Waals surface area contributed by atoms with E-state index >= 15 is 0 Å². The molecule has 0 aromatic carbocycles. The first-order valence-corrected chi connectivity index (χ1v) is 10.6. The highest BCUT2D eigenvalue weighted by Gasteiger charge is 2.48. The Hall–Kier alpha value is 0.0569. The van der Waals surface area contributed by atoms with E-state index < -0.39 is 8.80 Å². The van der Waals surface area contributed by atoms with Gasteiger partial charge in [0.25, 0.3) is 0 Å². The van der Waals surface area contributed by atoms with Gasteiger partial charge in [0.2, 0.25) is 0 Å². The zero-order valence-electron chi connectivity index (χ0n) is 14.8. The van der Waals surface area contributed by atoms with Crippen LogP contribution in [0.3, 0.4) is 0 Å². The topological polar surface area (TPSA) is 53.7 Å². The predicted octanol–water partition coefficient (Wildman–Crippen LogP) is 4.11. The Bertz CT molecular complexity index is 225. The third kappa shape index (κ3) is 7.75. The second kappa shape index (κ2) is 12.6. The molecular weight excluding hydrogens is 282 g/mol. The summed E-state index contributed by atoms with van der Waals surface area (Å²) in [6.07, 6.45) is 6.51. The fraction of sp³-hybridized carbons (Fsp3) is 1.00. The molecule has 0 saturated carbocycles. The lowest BCUT2D eigenvalue weighted by Crippen LogP contribution is -2.50. The summed E-state index contributed by atoms with van der Waals surface area (Å²) >= 11 is 0. The first kappa shape index (κ1) is 21.1. The fourth-order valence-corrected chi connectivity index (χ4v) is 6.19. The summed E-state index contributed by atoms with van der Waals surface area (Å²) in [7, 11) is -2.59. The first-order valence-electron chi connectivity index (χ1n) is 8.77. The van der Waals surface area contributed by atoms with E-state index in [-0.39, 0.29) is 6.04 Å². The Morgan fingerprint density at radius 2 is 1.19 bits per heavy atom. The maximum atomic E-state index is 6.19. The third-order valence-corrected chi connectivity index (χ3v) is 7.37. The van der Waals surface area contributed by atoms with Crippen molar-refractivity contribution >= 4 is 8.80 Å². The van der Waals surface area contributed by atoms with Crippen molar-refractivity contribution in [2.75, 3.05) is 19.8 Å². The number of nitrogens with two attached hydrogens (primary N) is 1. The van der Waals surface area contributed by atoms with Gasteiger partial charge in [-0.3, -0.25) is 0 Å². The van der Waals surface area contributed by atoms with Crippen molar-refractivity contribution in [3.63, 3.8) is 0 Å². The molecule has 2 atom stereocenters. The molecule has 0 spiro atoms.